The summed E-state index contributed by atoms with van der Waals surface area (Å²) in [4.78, 5) is 16.1. The fourth-order valence-electron chi connectivity index (χ4n) is 5.85. The van der Waals surface area contributed by atoms with Crippen molar-refractivity contribution < 1.29 is 46.3 Å². The number of methoxy groups -OCH3 is 1. The number of benzene rings is 2. The second kappa shape index (κ2) is 16.7. The zero-order chi connectivity index (χ0) is 35.1. The highest BCUT2D eigenvalue weighted by Crippen LogP contribution is 2.40. The van der Waals surface area contributed by atoms with Gasteiger partial charge in [0.05, 0.1) is 41.3 Å². The van der Waals surface area contributed by atoms with Gasteiger partial charge in [-0.25, -0.2) is 13.2 Å². The number of esters is 1. The molecule has 15 heteroatoms. The molecule has 49 heavy (non-hydrogen) atoms. The van der Waals surface area contributed by atoms with Crippen LogP contribution in [0.4, 0.5) is 14.5 Å². The number of piperidine rings is 1. The number of allylic oxidation sites excluding steroid dienone is 1. The summed E-state index contributed by atoms with van der Waals surface area (Å²) in [5.41, 5.74) is 1.28. The van der Waals surface area contributed by atoms with Crippen LogP contribution in [0.3, 0.4) is 0 Å². The van der Waals surface area contributed by atoms with Crippen molar-refractivity contribution in [1.82, 2.24) is 4.90 Å². The quantitative estimate of drug-likeness (QED) is 0.216. The molecular weight excluding hydrogens is 703 g/mol. The van der Waals surface area contributed by atoms with E-state index in [1.165, 1.54) is 47.8 Å². The van der Waals surface area contributed by atoms with Crippen molar-refractivity contribution in [2.45, 2.75) is 51.2 Å². The van der Waals surface area contributed by atoms with Gasteiger partial charge in [0.25, 0.3) is 0 Å². The summed E-state index contributed by atoms with van der Waals surface area (Å²) in [6, 6.07) is 8.84. The Labute approximate surface area is 296 Å². The molecular formula is C34H42Cl2F2N3O7S+. The van der Waals surface area contributed by atoms with Gasteiger partial charge in [-0.05, 0) is 80.6 Å². The molecule has 0 unspecified atom stereocenters. The van der Waals surface area contributed by atoms with Crippen LogP contribution in [0.1, 0.15) is 60.6 Å². The number of carbonyl (C=O) groups excluding carboxylic acids is 1. The van der Waals surface area contributed by atoms with E-state index in [4.69, 9.17) is 42.1 Å². The first kappa shape index (κ1) is 37.2. The highest BCUT2D eigenvalue weighted by Gasteiger charge is 2.29. The minimum absolute atomic E-state index is 0.0686. The van der Waals surface area contributed by atoms with Gasteiger partial charge in [0.15, 0.2) is 11.5 Å². The van der Waals surface area contributed by atoms with E-state index in [-0.39, 0.29) is 41.5 Å². The van der Waals surface area contributed by atoms with Crippen LogP contribution in [0.15, 0.2) is 58.2 Å². The van der Waals surface area contributed by atoms with Crippen LogP contribution in [0.25, 0.3) is 0 Å². The van der Waals surface area contributed by atoms with Crippen molar-refractivity contribution >= 4 is 44.9 Å². The Kier molecular flexibility index (Phi) is 12.7. The zero-order valence-corrected chi connectivity index (χ0v) is 29.8. The third-order valence-electron chi connectivity index (χ3n) is 8.69. The molecule has 0 radical (unpaired) electrons. The lowest BCUT2D eigenvalue weighted by atomic mass is 9.99. The Bertz CT molecular complexity index is 1660. The van der Waals surface area contributed by atoms with E-state index in [2.05, 4.69) is 4.90 Å². The molecule has 2 fully saturated rings. The predicted molar refractivity (Wildman–Crippen MR) is 183 cm³/mol. The number of rotatable bonds is 16. The first-order valence-electron chi connectivity index (χ1n) is 16.3. The Hall–Kier alpha value is -3.10. The number of halogens is 4. The van der Waals surface area contributed by atoms with Crippen molar-refractivity contribution in [3.05, 3.63) is 69.4 Å². The summed E-state index contributed by atoms with van der Waals surface area (Å²) in [5.74, 6) is -0.202. The van der Waals surface area contributed by atoms with E-state index in [0.29, 0.717) is 46.8 Å². The van der Waals surface area contributed by atoms with E-state index in [9.17, 15) is 22.0 Å². The van der Waals surface area contributed by atoms with Crippen LogP contribution < -0.4 is 23.8 Å². The summed E-state index contributed by atoms with van der Waals surface area (Å²) in [6.07, 6.45) is 7.14. The molecule has 1 saturated carbocycles. The van der Waals surface area contributed by atoms with Gasteiger partial charge in [-0.1, -0.05) is 35.7 Å². The van der Waals surface area contributed by atoms with Gasteiger partial charge < -0.3 is 29.2 Å². The van der Waals surface area contributed by atoms with Crippen molar-refractivity contribution in [1.29, 1.82) is 0 Å². The maximum atomic E-state index is 13.9. The first-order valence-corrected chi connectivity index (χ1v) is 18.9. The number of quaternary nitrogens is 1. The number of hydrogen-bond donors (Lipinski definition) is 1. The third-order valence-corrected chi connectivity index (χ3v) is 10.6. The van der Waals surface area contributed by atoms with E-state index in [1.54, 1.807) is 6.20 Å². The Morgan fingerprint density at radius 3 is 2.45 bits per heavy atom. The lowest BCUT2D eigenvalue weighted by Crippen LogP contribution is -2.79. The van der Waals surface area contributed by atoms with Gasteiger partial charge in [-0.3, -0.25) is 4.31 Å². The fraction of sp³-hybridized carbons (Fsp3) is 0.500. The molecule has 0 bridgehead atoms. The van der Waals surface area contributed by atoms with Crippen molar-refractivity contribution in [2.75, 3.05) is 57.0 Å². The Balaban J connectivity index is 1.46. The number of carbonyl (C=O) groups is 1. The number of sulfonamides is 1. The van der Waals surface area contributed by atoms with E-state index >= 15 is 0 Å². The molecule has 2 N–H and O–H groups in total. The molecule has 1 atom stereocenters. The minimum atomic E-state index is -3.77. The topological polar surface area (TPSA) is 111 Å². The second-order valence-electron chi connectivity index (χ2n) is 12.4. The summed E-state index contributed by atoms with van der Waals surface area (Å²) in [5, 5.41) is 2.66. The van der Waals surface area contributed by atoms with E-state index in [1.807, 2.05) is 5.32 Å². The molecule has 2 aromatic rings. The largest absolute Gasteiger partial charge is 0.495 e. The molecule has 0 aromatic heterocycles. The fourth-order valence-corrected chi connectivity index (χ4v) is 7.36. The molecule has 0 amide bonds. The summed E-state index contributed by atoms with van der Waals surface area (Å²) in [7, 11) is -2.34. The molecule has 3 aliphatic rings. The number of likely N-dealkylation sites (tertiary alicyclic amines) is 1. The summed E-state index contributed by atoms with van der Waals surface area (Å²) in [6.45, 7) is 0.172. The average molecular weight is 746 g/mol. The molecule has 1 aliphatic carbocycles. The first-order chi connectivity index (χ1) is 23.4. The van der Waals surface area contributed by atoms with E-state index < -0.39 is 28.7 Å². The van der Waals surface area contributed by atoms with Crippen LogP contribution in [-0.4, -0.2) is 78.6 Å². The zero-order valence-electron chi connectivity index (χ0n) is 27.5. The maximum Gasteiger partial charge on any atom is 0.387 e. The molecule has 2 aromatic carbocycles. The molecule has 1 saturated heterocycles. The number of alkyl halides is 2. The maximum absolute atomic E-state index is 13.9. The molecule has 10 nitrogen and oxygen atoms in total. The molecule has 2 heterocycles. The molecule has 2 aliphatic heterocycles. The average Bonchev–Trinajstić information content (AvgIpc) is 3.90. The SMILES string of the molecule is COc1ccc(C(=O)O[C@@H](CC2=C(Cl)C[NH2+]C=C2Cl)c2ccc(OC(F)F)c(OCC3CC3)c2)cc1N(CCN1CCCCC1)S(C)(=O)=O. The van der Waals surface area contributed by atoms with Crippen LogP contribution in [0.2, 0.25) is 0 Å². The van der Waals surface area contributed by atoms with Gasteiger partial charge in [-0.2, -0.15) is 8.78 Å². The second-order valence-corrected chi connectivity index (χ2v) is 15.2. The van der Waals surface area contributed by atoms with Gasteiger partial charge in [0.1, 0.15) is 24.6 Å². The highest BCUT2D eigenvalue weighted by atomic mass is 35.5. The lowest BCUT2D eigenvalue weighted by molar-refractivity contribution is -0.580. The standard InChI is InChI=1S/C34H41Cl2F2N3O7S/c1-45-29-10-9-24(16-28(29)41(49(2,43)44)15-14-40-12-4-3-5-13-40)33(42)47-31(18-25-26(35)19-39-20-27(25)36)23-8-11-30(48-34(37)38)32(17-23)46-21-22-6-7-22/h8-11,16-17,19,22,31,34,39H,3-7,12-15,18,20-21H2,1-2H3/p+1/t31-/m0/s1. The van der Waals surface area contributed by atoms with Gasteiger partial charge in [0.2, 0.25) is 10.0 Å². The molecule has 5 rings (SSSR count). The number of nitrogens with two attached hydrogens (primary N) is 1. The Morgan fingerprint density at radius 1 is 1.06 bits per heavy atom. The monoisotopic (exact) mass is 744 g/mol. The number of nitrogens with zero attached hydrogens (tertiary/aromatic N) is 2. The summed E-state index contributed by atoms with van der Waals surface area (Å²) < 4.78 is 76.0. The minimum Gasteiger partial charge on any atom is -0.495 e. The van der Waals surface area contributed by atoms with E-state index in [0.717, 1.165) is 51.4 Å². The van der Waals surface area contributed by atoms with Crippen LogP contribution in [-0.2, 0) is 14.8 Å². The predicted octanol–water partition coefficient (Wildman–Crippen LogP) is 5.78. The summed E-state index contributed by atoms with van der Waals surface area (Å²) >= 11 is 13.1. The van der Waals surface area contributed by atoms with Gasteiger partial charge in [-0.15, -0.1) is 0 Å². The van der Waals surface area contributed by atoms with Crippen LogP contribution in [0, 0.1) is 5.92 Å². The smallest absolute Gasteiger partial charge is 0.387 e. The van der Waals surface area contributed by atoms with Gasteiger partial charge >= 0.3 is 12.6 Å². The lowest BCUT2D eigenvalue weighted by Gasteiger charge is -2.30. The number of anilines is 1. The Morgan fingerprint density at radius 2 is 1.80 bits per heavy atom. The number of ether oxygens (including phenoxy) is 4. The van der Waals surface area contributed by atoms with Crippen molar-refractivity contribution in [2.24, 2.45) is 5.92 Å². The molecule has 0 spiro atoms. The van der Waals surface area contributed by atoms with Crippen LogP contribution in [0.5, 0.6) is 17.2 Å². The third kappa shape index (κ3) is 10.2. The van der Waals surface area contributed by atoms with Crippen molar-refractivity contribution in [3.63, 3.8) is 0 Å². The highest BCUT2D eigenvalue weighted by molar-refractivity contribution is 7.92. The van der Waals surface area contributed by atoms with Crippen LogP contribution >= 0.6 is 23.2 Å². The molecule has 268 valence electrons. The normalized spacial score (nSPS) is 17.8. The van der Waals surface area contributed by atoms with Gasteiger partial charge in [0, 0.05) is 25.1 Å². The number of hydrogen-bond acceptors (Lipinski definition) is 8. The van der Waals surface area contributed by atoms with Crippen molar-refractivity contribution in [3.8, 4) is 17.2 Å².